The molecule has 1 amide bonds. The molecule has 2 N–H and O–H groups in total. The van der Waals surface area contributed by atoms with Crippen LogP contribution in [0.4, 0.5) is 10.6 Å². The summed E-state index contributed by atoms with van der Waals surface area (Å²) in [6, 6.07) is 22.7. The van der Waals surface area contributed by atoms with Gasteiger partial charge in [0.2, 0.25) is 0 Å². The molecule has 1 aliphatic rings. The van der Waals surface area contributed by atoms with E-state index in [1.165, 1.54) is 5.56 Å². The smallest absolute Gasteiger partial charge is 0.413 e. The average Bonchev–Trinajstić information content (AvgIpc) is 3.45. The van der Waals surface area contributed by atoms with Crippen LogP contribution in [-0.2, 0) is 23.4 Å². The second-order valence-electron chi connectivity index (χ2n) is 9.80. The van der Waals surface area contributed by atoms with Gasteiger partial charge in [0.15, 0.2) is 0 Å². The molecule has 2 unspecified atom stereocenters. The Labute approximate surface area is 196 Å². The maximum absolute atomic E-state index is 12.5. The van der Waals surface area contributed by atoms with E-state index in [-0.39, 0.29) is 12.1 Å². The van der Waals surface area contributed by atoms with Crippen LogP contribution >= 0.6 is 0 Å². The Balaban J connectivity index is 1.38. The Bertz CT molecular complexity index is 1040. The summed E-state index contributed by atoms with van der Waals surface area (Å²) in [4.78, 5) is 12.5. The molecule has 4 rings (SSSR count). The van der Waals surface area contributed by atoms with Gasteiger partial charge in [-0.25, -0.2) is 9.48 Å². The summed E-state index contributed by atoms with van der Waals surface area (Å²) in [7, 11) is 0. The van der Waals surface area contributed by atoms with Gasteiger partial charge < -0.3 is 10.1 Å². The van der Waals surface area contributed by atoms with Gasteiger partial charge in [-0.2, -0.15) is 5.10 Å². The van der Waals surface area contributed by atoms with Gasteiger partial charge in [-0.05, 0) is 51.2 Å². The zero-order chi connectivity index (χ0) is 23.3. The molecular weight excluding hydrogens is 412 g/mol. The Morgan fingerprint density at radius 2 is 1.70 bits per heavy atom. The zero-order valence-corrected chi connectivity index (χ0v) is 19.8. The minimum Gasteiger partial charge on any atom is -0.444 e. The summed E-state index contributed by atoms with van der Waals surface area (Å²) >= 11 is 0. The van der Waals surface area contributed by atoms with Crippen LogP contribution in [0.25, 0.3) is 0 Å². The molecule has 1 saturated carbocycles. The van der Waals surface area contributed by atoms with E-state index in [0.717, 1.165) is 37.1 Å². The van der Waals surface area contributed by atoms with Crippen molar-refractivity contribution in [2.45, 2.75) is 70.7 Å². The fourth-order valence-electron chi connectivity index (χ4n) is 4.36. The number of hydrogen-bond acceptors (Lipinski definition) is 4. The van der Waals surface area contributed by atoms with Gasteiger partial charge in [-0.1, -0.05) is 60.7 Å². The van der Waals surface area contributed by atoms with Gasteiger partial charge in [-0.3, -0.25) is 5.32 Å². The van der Waals surface area contributed by atoms with Crippen LogP contribution in [0, 0.1) is 0 Å². The third-order valence-electron chi connectivity index (χ3n) is 6.10. The first kappa shape index (κ1) is 23.1. The van der Waals surface area contributed by atoms with Crippen molar-refractivity contribution in [1.82, 2.24) is 15.1 Å². The van der Waals surface area contributed by atoms with Crippen LogP contribution < -0.4 is 10.6 Å². The molecule has 2 aromatic carbocycles. The quantitative estimate of drug-likeness (QED) is 0.480. The molecule has 0 bridgehead atoms. The maximum atomic E-state index is 12.5. The lowest BCUT2D eigenvalue weighted by Crippen LogP contribution is -2.27. The van der Waals surface area contributed by atoms with Gasteiger partial charge in [-0.15, -0.1) is 0 Å². The Kier molecular flexibility index (Phi) is 7.14. The molecule has 0 radical (unpaired) electrons. The Hall–Kier alpha value is -3.12. The Morgan fingerprint density at radius 1 is 1.03 bits per heavy atom. The highest BCUT2D eigenvalue weighted by Crippen LogP contribution is 2.36. The number of ether oxygens (including phenoxy) is 1. The molecule has 6 nitrogen and oxygen atoms in total. The second-order valence-corrected chi connectivity index (χ2v) is 9.80. The van der Waals surface area contributed by atoms with Gasteiger partial charge in [0.05, 0.1) is 11.2 Å². The Morgan fingerprint density at radius 3 is 2.36 bits per heavy atom. The average molecular weight is 447 g/mol. The second kappa shape index (κ2) is 10.2. The first-order valence-electron chi connectivity index (χ1n) is 11.7. The number of aromatic nitrogens is 2. The van der Waals surface area contributed by atoms with E-state index in [0.29, 0.717) is 17.8 Å². The van der Waals surface area contributed by atoms with E-state index < -0.39 is 6.09 Å². The molecule has 33 heavy (non-hydrogen) atoms. The number of nitrogens with one attached hydrogen (secondary N) is 2. The number of hydrogen-bond donors (Lipinski definition) is 2. The summed E-state index contributed by atoms with van der Waals surface area (Å²) in [6.45, 7) is 7.38. The van der Waals surface area contributed by atoms with Crippen molar-refractivity contribution in [2.75, 3.05) is 5.32 Å². The first-order valence-corrected chi connectivity index (χ1v) is 11.7. The number of benzene rings is 2. The minimum absolute atomic E-state index is 0.237. The summed E-state index contributed by atoms with van der Waals surface area (Å²) < 4.78 is 7.32. The predicted molar refractivity (Wildman–Crippen MR) is 131 cm³/mol. The molecule has 6 heteroatoms. The topological polar surface area (TPSA) is 68.2 Å². The third kappa shape index (κ3) is 6.23. The first-order chi connectivity index (χ1) is 15.9. The number of carbonyl (C=O) groups is 1. The van der Waals surface area contributed by atoms with Crippen LogP contribution in [0.1, 0.15) is 62.8 Å². The van der Waals surface area contributed by atoms with Crippen LogP contribution in [-0.4, -0.2) is 21.9 Å². The van der Waals surface area contributed by atoms with Crippen LogP contribution in [0.3, 0.4) is 0 Å². The minimum atomic E-state index is -0.468. The summed E-state index contributed by atoms with van der Waals surface area (Å²) in [5.41, 5.74) is 3.03. The van der Waals surface area contributed by atoms with Crippen molar-refractivity contribution >= 4 is 11.9 Å². The lowest BCUT2D eigenvalue weighted by Gasteiger charge is -2.22. The molecule has 1 aromatic heterocycles. The monoisotopic (exact) mass is 446 g/mol. The van der Waals surface area contributed by atoms with Crippen LogP contribution in [0.5, 0.6) is 0 Å². The molecule has 3 aromatic rings. The highest BCUT2D eigenvalue weighted by Gasteiger charge is 2.30. The van der Waals surface area contributed by atoms with Crippen LogP contribution in [0.2, 0.25) is 0 Å². The molecule has 0 spiro atoms. The third-order valence-corrected chi connectivity index (χ3v) is 6.10. The largest absolute Gasteiger partial charge is 0.444 e. The van der Waals surface area contributed by atoms with E-state index in [9.17, 15) is 4.79 Å². The van der Waals surface area contributed by atoms with E-state index >= 15 is 0 Å². The summed E-state index contributed by atoms with van der Waals surface area (Å²) in [5.74, 6) is 1.05. The van der Waals surface area contributed by atoms with Crippen molar-refractivity contribution in [3.8, 4) is 0 Å². The van der Waals surface area contributed by atoms with E-state index in [1.54, 1.807) is 0 Å². The van der Waals surface area contributed by atoms with Gasteiger partial charge in [0.25, 0.3) is 0 Å². The highest BCUT2D eigenvalue weighted by molar-refractivity contribution is 5.83. The van der Waals surface area contributed by atoms with Gasteiger partial charge in [0.1, 0.15) is 12.4 Å². The SMILES string of the molecule is CC(C)(C)n1nc(C2CCC(NCc3ccccc3)C2)cc1NC(=O)OCc1ccccc1. The number of rotatable bonds is 7. The van der Waals surface area contributed by atoms with Crippen molar-refractivity contribution in [3.63, 3.8) is 0 Å². The van der Waals surface area contributed by atoms with Crippen molar-refractivity contribution < 1.29 is 9.53 Å². The van der Waals surface area contributed by atoms with E-state index in [1.807, 2.05) is 47.1 Å². The normalized spacial score (nSPS) is 18.3. The van der Waals surface area contributed by atoms with Crippen LogP contribution in [0.15, 0.2) is 66.7 Å². The standard InChI is InChI=1S/C27H34N4O2/c1-27(2,3)31-25(29-26(32)33-19-21-12-8-5-9-13-21)17-24(30-31)22-14-15-23(16-22)28-18-20-10-6-4-7-11-20/h4-13,17,22-23,28H,14-16,18-19H2,1-3H3,(H,29,32). The highest BCUT2D eigenvalue weighted by atomic mass is 16.5. The molecular formula is C27H34N4O2. The summed E-state index contributed by atoms with van der Waals surface area (Å²) in [5, 5.41) is 11.5. The number of nitrogens with zero attached hydrogens (tertiary/aromatic N) is 2. The van der Waals surface area contributed by atoms with Crippen molar-refractivity contribution in [3.05, 3.63) is 83.6 Å². The lowest BCUT2D eigenvalue weighted by atomic mass is 10.0. The molecule has 0 aliphatic heterocycles. The maximum Gasteiger partial charge on any atom is 0.413 e. The molecule has 0 saturated heterocycles. The zero-order valence-electron chi connectivity index (χ0n) is 19.8. The molecule has 1 fully saturated rings. The predicted octanol–water partition coefficient (Wildman–Crippen LogP) is 5.81. The molecule has 1 heterocycles. The lowest BCUT2D eigenvalue weighted by molar-refractivity contribution is 0.154. The number of amides is 1. The van der Waals surface area contributed by atoms with Crippen molar-refractivity contribution in [1.29, 1.82) is 0 Å². The summed E-state index contributed by atoms with van der Waals surface area (Å²) in [6.07, 6.45) is 2.80. The van der Waals surface area contributed by atoms with Gasteiger partial charge in [0, 0.05) is 24.6 Å². The fraction of sp³-hybridized carbons (Fsp3) is 0.407. The molecule has 2 atom stereocenters. The van der Waals surface area contributed by atoms with E-state index in [2.05, 4.69) is 55.7 Å². The fourth-order valence-corrected chi connectivity index (χ4v) is 4.36. The number of anilines is 1. The molecule has 174 valence electrons. The van der Waals surface area contributed by atoms with E-state index in [4.69, 9.17) is 9.84 Å². The molecule has 1 aliphatic carbocycles. The van der Waals surface area contributed by atoms with Crippen molar-refractivity contribution in [2.24, 2.45) is 0 Å². The van der Waals surface area contributed by atoms with Gasteiger partial charge >= 0.3 is 6.09 Å². The number of carbonyl (C=O) groups excluding carboxylic acids is 1.